The Balaban J connectivity index is 2.67. The van der Waals surface area contributed by atoms with Gasteiger partial charge in [-0.15, -0.1) is 0 Å². The lowest BCUT2D eigenvalue weighted by molar-refractivity contribution is -0.174. The van der Waals surface area contributed by atoms with Crippen LogP contribution in [0.3, 0.4) is 0 Å². The molecule has 0 spiro atoms. The highest BCUT2D eigenvalue weighted by atomic mass is 31.2. The van der Waals surface area contributed by atoms with Crippen LogP contribution in [0.2, 0.25) is 0 Å². The molecule has 9 nitrogen and oxygen atoms in total. The van der Waals surface area contributed by atoms with Gasteiger partial charge in [-0.05, 0) is 0 Å². The van der Waals surface area contributed by atoms with E-state index in [9.17, 15) is 23.7 Å². The van der Waals surface area contributed by atoms with Crippen molar-refractivity contribution in [2.75, 3.05) is 6.61 Å². The fourth-order valence-corrected chi connectivity index (χ4v) is 7.01. The molecule has 0 radical (unpaired) electrons. The summed E-state index contributed by atoms with van der Waals surface area (Å²) in [5.74, 6) is -4.25. The lowest BCUT2D eigenvalue weighted by atomic mass is 10.1. The predicted molar refractivity (Wildman–Crippen MR) is 101 cm³/mol. The highest BCUT2D eigenvalue weighted by molar-refractivity contribution is 7.73. The topological polar surface area (TPSA) is 122 Å². The predicted octanol–water partition coefficient (Wildman–Crippen LogP) is 1.37. The van der Waals surface area contributed by atoms with Gasteiger partial charge in [0.2, 0.25) is 0 Å². The van der Waals surface area contributed by atoms with Crippen molar-refractivity contribution < 1.29 is 42.7 Å². The average molecular weight is 426 g/mol. The highest BCUT2D eigenvalue weighted by Crippen LogP contribution is 2.64. The molecule has 158 valence electrons. The molecule has 0 bridgehead atoms. The SMILES string of the molecule is CC(=O)OCC1C(OC(C)=O)C(OC(C)=O)C(OC(C)=O)P1(=O)c1ccccc1. The number of ether oxygens (including phenoxy) is 4. The number of carbonyl (C=O) groups excluding carboxylic acids is 4. The quantitative estimate of drug-likeness (QED) is 0.377. The summed E-state index contributed by atoms with van der Waals surface area (Å²) >= 11 is 0. The first-order valence-electron chi connectivity index (χ1n) is 8.87. The van der Waals surface area contributed by atoms with Crippen molar-refractivity contribution in [3.8, 4) is 0 Å². The Morgan fingerprint density at radius 3 is 1.79 bits per heavy atom. The molecule has 1 aliphatic rings. The van der Waals surface area contributed by atoms with Crippen molar-refractivity contribution in [2.45, 2.75) is 51.4 Å². The van der Waals surface area contributed by atoms with Crippen molar-refractivity contribution in [2.24, 2.45) is 0 Å². The molecule has 1 fully saturated rings. The number of esters is 4. The maximum atomic E-state index is 14.4. The Labute approximate surface area is 168 Å². The Morgan fingerprint density at radius 2 is 1.31 bits per heavy atom. The molecule has 1 aliphatic heterocycles. The zero-order valence-electron chi connectivity index (χ0n) is 16.5. The first-order chi connectivity index (χ1) is 13.6. The van der Waals surface area contributed by atoms with Gasteiger partial charge in [-0.3, -0.25) is 19.2 Å². The Morgan fingerprint density at radius 1 is 0.793 bits per heavy atom. The van der Waals surface area contributed by atoms with E-state index in [0.29, 0.717) is 5.30 Å². The largest absolute Gasteiger partial charge is 0.465 e. The molecule has 0 aliphatic carbocycles. The lowest BCUT2D eigenvalue weighted by Gasteiger charge is -2.26. The lowest BCUT2D eigenvalue weighted by Crippen LogP contribution is -2.42. The third-order valence-corrected chi connectivity index (χ3v) is 8.05. The summed E-state index contributed by atoms with van der Waals surface area (Å²) in [7, 11) is -3.75. The molecule has 0 amide bonds. The van der Waals surface area contributed by atoms with Crippen LogP contribution < -0.4 is 5.30 Å². The molecule has 1 aromatic rings. The van der Waals surface area contributed by atoms with Crippen LogP contribution in [0.1, 0.15) is 27.7 Å². The first kappa shape index (κ1) is 22.6. The fraction of sp³-hybridized carbons (Fsp3) is 0.474. The van der Waals surface area contributed by atoms with E-state index in [0.717, 1.165) is 20.8 Å². The summed E-state index contributed by atoms with van der Waals surface area (Å²) in [6, 6.07) is 8.13. The molecule has 1 aromatic carbocycles. The fourth-order valence-electron chi connectivity index (χ4n) is 3.38. The molecule has 1 heterocycles. The van der Waals surface area contributed by atoms with Crippen LogP contribution in [0, 0.1) is 0 Å². The first-order valence-corrected chi connectivity index (χ1v) is 10.7. The maximum absolute atomic E-state index is 14.4. The smallest absolute Gasteiger partial charge is 0.303 e. The third-order valence-electron chi connectivity index (χ3n) is 4.36. The van der Waals surface area contributed by atoms with Crippen LogP contribution in [-0.4, -0.2) is 54.2 Å². The second-order valence-corrected chi connectivity index (χ2v) is 9.67. The van der Waals surface area contributed by atoms with E-state index in [2.05, 4.69) is 0 Å². The van der Waals surface area contributed by atoms with Crippen molar-refractivity contribution >= 4 is 36.3 Å². The number of carbonyl (C=O) groups is 4. The van der Waals surface area contributed by atoms with Gasteiger partial charge in [0, 0.05) is 33.0 Å². The summed E-state index contributed by atoms with van der Waals surface area (Å²) in [5.41, 5.74) is -1.08. The van der Waals surface area contributed by atoms with Gasteiger partial charge in [0.25, 0.3) is 0 Å². The number of rotatable bonds is 6. The van der Waals surface area contributed by atoms with Crippen molar-refractivity contribution in [3.63, 3.8) is 0 Å². The molecule has 5 unspecified atom stereocenters. The minimum absolute atomic E-state index is 0.315. The molecule has 10 heteroatoms. The van der Waals surface area contributed by atoms with Crippen LogP contribution >= 0.6 is 7.14 Å². The van der Waals surface area contributed by atoms with Crippen molar-refractivity contribution in [1.82, 2.24) is 0 Å². The molecular weight excluding hydrogens is 403 g/mol. The molecule has 2 rings (SSSR count). The van der Waals surface area contributed by atoms with E-state index in [-0.39, 0.29) is 6.61 Å². The van der Waals surface area contributed by atoms with Crippen LogP contribution in [-0.2, 0) is 42.7 Å². The van der Waals surface area contributed by atoms with Gasteiger partial charge in [-0.1, -0.05) is 30.3 Å². The zero-order valence-corrected chi connectivity index (χ0v) is 17.4. The molecule has 1 saturated heterocycles. The van der Waals surface area contributed by atoms with Gasteiger partial charge >= 0.3 is 23.9 Å². The van der Waals surface area contributed by atoms with E-state index >= 15 is 0 Å². The minimum Gasteiger partial charge on any atom is -0.465 e. The summed E-state index contributed by atoms with van der Waals surface area (Å²) in [5, 5.41) is 0.315. The summed E-state index contributed by atoms with van der Waals surface area (Å²) < 4.78 is 35.4. The molecule has 0 aromatic heterocycles. The van der Waals surface area contributed by atoms with Gasteiger partial charge < -0.3 is 23.5 Å². The molecular formula is C19H23O9P. The molecule has 29 heavy (non-hydrogen) atoms. The van der Waals surface area contributed by atoms with Gasteiger partial charge in [-0.25, -0.2) is 0 Å². The molecule has 0 N–H and O–H groups in total. The second-order valence-electron chi connectivity index (χ2n) is 6.56. The van der Waals surface area contributed by atoms with Gasteiger partial charge in [0.05, 0.1) is 5.66 Å². The maximum Gasteiger partial charge on any atom is 0.303 e. The van der Waals surface area contributed by atoms with Crippen LogP contribution in [0.4, 0.5) is 0 Å². The van der Waals surface area contributed by atoms with Crippen LogP contribution in [0.15, 0.2) is 30.3 Å². The van der Waals surface area contributed by atoms with E-state index in [1.165, 1.54) is 6.92 Å². The normalized spacial score (nSPS) is 28.3. The van der Waals surface area contributed by atoms with Crippen molar-refractivity contribution in [3.05, 3.63) is 30.3 Å². The minimum atomic E-state index is -3.75. The summed E-state index contributed by atoms with van der Waals surface area (Å²) in [6.07, 6.45) is -2.57. The van der Waals surface area contributed by atoms with Crippen molar-refractivity contribution in [1.29, 1.82) is 0 Å². The highest BCUT2D eigenvalue weighted by Gasteiger charge is 2.64. The van der Waals surface area contributed by atoms with Gasteiger partial charge in [0.15, 0.2) is 25.2 Å². The Hall–Kier alpha value is -2.67. The second kappa shape index (κ2) is 9.22. The summed E-state index contributed by atoms with van der Waals surface area (Å²) in [4.78, 5) is 46.6. The van der Waals surface area contributed by atoms with E-state index in [4.69, 9.17) is 18.9 Å². The Kier molecular flexibility index (Phi) is 7.19. The molecule has 5 atom stereocenters. The van der Waals surface area contributed by atoms with Gasteiger partial charge in [0.1, 0.15) is 6.61 Å². The third kappa shape index (κ3) is 5.03. The van der Waals surface area contributed by atoms with E-state index < -0.39 is 54.7 Å². The Bertz CT molecular complexity index is 835. The standard InChI is InChI=1S/C19H23O9P/c1-11(20)25-10-16-17(26-12(2)21)18(27-13(3)22)19(28-14(4)23)29(16,24)15-8-6-5-7-9-15/h5-9,16-19H,10H2,1-4H3. The van der Waals surface area contributed by atoms with E-state index in [1.54, 1.807) is 30.3 Å². The van der Waals surface area contributed by atoms with Gasteiger partial charge in [-0.2, -0.15) is 0 Å². The summed E-state index contributed by atoms with van der Waals surface area (Å²) in [6.45, 7) is 4.19. The monoisotopic (exact) mass is 426 g/mol. The molecule has 0 saturated carbocycles. The van der Waals surface area contributed by atoms with E-state index in [1.807, 2.05) is 0 Å². The zero-order chi connectivity index (χ0) is 21.8. The number of hydrogen-bond acceptors (Lipinski definition) is 9. The average Bonchev–Trinajstić information content (AvgIpc) is 2.82. The van der Waals surface area contributed by atoms with Crippen LogP contribution in [0.5, 0.6) is 0 Å². The van der Waals surface area contributed by atoms with Crippen LogP contribution in [0.25, 0.3) is 0 Å². The number of hydrogen-bond donors (Lipinski definition) is 0. The number of benzene rings is 1.